The molecule has 0 aliphatic carbocycles. The molecule has 0 aliphatic rings. The van der Waals surface area contributed by atoms with Gasteiger partial charge in [0.25, 0.3) is 0 Å². The predicted octanol–water partition coefficient (Wildman–Crippen LogP) is 0.920. The largest absolute Gasteiger partial charge is 0.345 e. The molecule has 0 saturated heterocycles. The van der Waals surface area contributed by atoms with E-state index in [1.54, 1.807) is 4.68 Å². The normalized spacial score (nSPS) is 12.5. The zero-order valence-corrected chi connectivity index (χ0v) is 12.5. The van der Waals surface area contributed by atoms with Crippen LogP contribution in [0.25, 0.3) is 11.0 Å². The van der Waals surface area contributed by atoms with Crippen LogP contribution in [0.1, 0.15) is 25.7 Å². The molecule has 0 aliphatic heterocycles. The molecule has 3 aromatic rings. The maximum atomic E-state index is 12.1. The topological polar surface area (TPSA) is 90.5 Å². The van der Waals surface area contributed by atoms with Crippen molar-refractivity contribution in [2.24, 2.45) is 0 Å². The molecule has 0 bridgehead atoms. The fourth-order valence-electron chi connectivity index (χ4n) is 2.31. The number of hydrogen-bond acceptors (Lipinski definition) is 5. The van der Waals surface area contributed by atoms with Crippen molar-refractivity contribution in [2.45, 2.75) is 33.0 Å². The summed E-state index contributed by atoms with van der Waals surface area (Å²) >= 11 is 0. The molecule has 8 nitrogen and oxygen atoms in total. The molecule has 1 N–H and O–H groups in total. The molecule has 0 saturated carbocycles. The molecular formula is C14H17N7O. The highest BCUT2D eigenvalue weighted by atomic mass is 16.2. The lowest BCUT2D eigenvalue weighted by Gasteiger charge is -2.13. The molecule has 0 fully saturated rings. The van der Waals surface area contributed by atoms with Crippen molar-refractivity contribution in [3.05, 3.63) is 36.4 Å². The second-order valence-corrected chi connectivity index (χ2v) is 4.94. The van der Waals surface area contributed by atoms with Gasteiger partial charge < -0.3 is 5.32 Å². The van der Waals surface area contributed by atoms with E-state index < -0.39 is 0 Å². The van der Waals surface area contributed by atoms with Crippen LogP contribution < -0.4 is 5.32 Å². The van der Waals surface area contributed by atoms with Crippen LogP contribution in [0, 0.1) is 0 Å². The number of amides is 1. The third-order valence-corrected chi connectivity index (χ3v) is 3.32. The summed E-state index contributed by atoms with van der Waals surface area (Å²) in [6, 6.07) is 7.29. The molecule has 22 heavy (non-hydrogen) atoms. The molecule has 1 atom stereocenters. The second-order valence-electron chi connectivity index (χ2n) is 4.94. The quantitative estimate of drug-likeness (QED) is 0.756. The van der Waals surface area contributed by atoms with E-state index in [9.17, 15) is 4.79 Å². The number of nitrogens with zero attached hydrogens (tertiary/aromatic N) is 6. The number of benzene rings is 1. The van der Waals surface area contributed by atoms with Gasteiger partial charge in [-0.05, 0) is 26.0 Å². The first-order chi connectivity index (χ1) is 10.7. The van der Waals surface area contributed by atoms with E-state index in [4.69, 9.17) is 0 Å². The first-order valence-corrected chi connectivity index (χ1v) is 7.14. The van der Waals surface area contributed by atoms with E-state index in [2.05, 4.69) is 25.6 Å². The smallest absolute Gasteiger partial charge is 0.244 e. The van der Waals surface area contributed by atoms with Crippen molar-refractivity contribution < 1.29 is 4.79 Å². The highest BCUT2D eigenvalue weighted by Gasteiger charge is 2.16. The maximum Gasteiger partial charge on any atom is 0.244 e. The van der Waals surface area contributed by atoms with Gasteiger partial charge in [0.05, 0.1) is 6.04 Å². The third-order valence-electron chi connectivity index (χ3n) is 3.32. The van der Waals surface area contributed by atoms with Crippen molar-refractivity contribution >= 4 is 16.9 Å². The van der Waals surface area contributed by atoms with Crippen LogP contribution in [0.5, 0.6) is 0 Å². The van der Waals surface area contributed by atoms with Crippen LogP contribution in [0.4, 0.5) is 0 Å². The fraction of sp³-hybridized carbons (Fsp3) is 0.357. The number of carbonyl (C=O) groups excluding carboxylic acids is 1. The van der Waals surface area contributed by atoms with Crippen LogP contribution >= 0.6 is 0 Å². The molecule has 1 amide bonds. The van der Waals surface area contributed by atoms with Crippen LogP contribution in [-0.2, 0) is 17.9 Å². The van der Waals surface area contributed by atoms with Crippen molar-refractivity contribution in [1.82, 2.24) is 35.1 Å². The summed E-state index contributed by atoms with van der Waals surface area (Å²) in [5.41, 5.74) is 1.54. The van der Waals surface area contributed by atoms with E-state index in [0.717, 1.165) is 16.9 Å². The first kappa shape index (κ1) is 14.2. The minimum Gasteiger partial charge on any atom is -0.345 e. The van der Waals surface area contributed by atoms with Crippen LogP contribution in [-0.4, -0.2) is 35.7 Å². The van der Waals surface area contributed by atoms with Crippen molar-refractivity contribution in [1.29, 1.82) is 0 Å². The molecule has 0 radical (unpaired) electrons. The van der Waals surface area contributed by atoms with Gasteiger partial charge in [0.1, 0.15) is 29.7 Å². The molecule has 3 rings (SSSR count). The number of aryl methyl sites for hydroxylation is 1. The van der Waals surface area contributed by atoms with Crippen LogP contribution in [0.3, 0.4) is 0 Å². The van der Waals surface area contributed by atoms with Gasteiger partial charge in [-0.1, -0.05) is 12.1 Å². The SMILES string of the molecule is CCn1ncnc1C(C)NC(=O)Cn1nc2ccccc2n1. The van der Waals surface area contributed by atoms with Gasteiger partial charge in [0.15, 0.2) is 0 Å². The minimum atomic E-state index is -0.222. The van der Waals surface area contributed by atoms with Crippen LogP contribution in [0.2, 0.25) is 0 Å². The van der Waals surface area contributed by atoms with Gasteiger partial charge in [-0.25, -0.2) is 9.67 Å². The molecule has 1 aromatic carbocycles. The first-order valence-electron chi connectivity index (χ1n) is 7.14. The van der Waals surface area contributed by atoms with Crippen LogP contribution in [0.15, 0.2) is 30.6 Å². The van der Waals surface area contributed by atoms with Crippen molar-refractivity contribution in [3.63, 3.8) is 0 Å². The third kappa shape index (κ3) is 2.80. The fourth-order valence-corrected chi connectivity index (χ4v) is 2.31. The molecule has 2 heterocycles. The number of aromatic nitrogens is 6. The number of nitrogens with one attached hydrogen (secondary N) is 1. The van der Waals surface area contributed by atoms with Crippen molar-refractivity contribution in [3.8, 4) is 0 Å². The molecule has 114 valence electrons. The summed E-state index contributed by atoms with van der Waals surface area (Å²) in [6.45, 7) is 4.63. The Bertz CT molecular complexity index is 758. The van der Waals surface area contributed by atoms with Gasteiger partial charge in [0.2, 0.25) is 5.91 Å². The summed E-state index contributed by atoms with van der Waals surface area (Å²) in [4.78, 5) is 17.7. The summed E-state index contributed by atoms with van der Waals surface area (Å²) in [6.07, 6.45) is 1.49. The molecule has 1 unspecified atom stereocenters. The average molecular weight is 299 g/mol. The Balaban J connectivity index is 1.67. The van der Waals surface area contributed by atoms with Gasteiger partial charge in [-0.2, -0.15) is 20.1 Å². The summed E-state index contributed by atoms with van der Waals surface area (Å²) < 4.78 is 1.76. The Hall–Kier alpha value is -2.77. The lowest BCUT2D eigenvalue weighted by atomic mass is 10.3. The van der Waals surface area contributed by atoms with E-state index in [-0.39, 0.29) is 18.5 Å². The molecule has 0 spiro atoms. The Morgan fingerprint density at radius 2 is 1.95 bits per heavy atom. The maximum absolute atomic E-state index is 12.1. The second kappa shape index (κ2) is 5.92. The number of hydrogen-bond donors (Lipinski definition) is 1. The molecule has 8 heteroatoms. The lowest BCUT2D eigenvalue weighted by Crippen LogP contribution is -2.32. The average Bonchev–Trinajstić information content (AvgIpc) is 3.12. The number of carbonyl (C=O) groups is 1. The van der Waals surface area contributed by atoms with Crippen molar-refractivity contribution in [2.75, 3.05) is 0 Å². The molecule has 2 aromatic heterocycles. The molecular weight excluding hydrogens is 282 g/mol. The number of fused-ring (bicyclic) bond motifs is 1. The van der Waals surface area contributed by atoms with Gasteiger partial charge in [-0.3, -0.25) is 4.79 Å². The lowest BCUT2D eigenvalue weighted by molar-refractivity contribution is -0.122. The summed E-state index contributed by atoms with van der Waals surface area (Å²) in [5.74, 6) is 0.563. The number of rotatable bonds is 5. The van der Waals surface area contributed by atoms with Gasteiger partial charge in [0, 0.05) is 6.54 Å². The van der Waals surface area contributed by atoms with Gasteiger partial charge in [-0.15, -0.1) is 0 Å². The highest BCUT2D eigenvalue weighted by molar-refractivity contribution is 5.77. The summed E-state index contributed by atoms with van der Waals surface area (Å²) in [7, 11) is 0. The Labute approximate surface area is 127 Å². The van der Waals surface area contributed by atoms with E-state index in [1.807, 2.05) is 38.1 Å². The monoisotopic (exact) mass is 299 g/mol. The minimum absolute atomic E-state index is 0.0687. The highest BCUT2D eigenvalue weighted by Crippen LogP contribution is 2.09. The standard InChI is InChI=1S/C14H17N7O/c1-3-20-14(15-9-16-20)10(2)17-13(22)8-21-18-11-6-4-5-7-12(11)19-21/h4-7,9-10H,3,8H2,1-2H3,(H,17,22). The predicted molar refractivity (Wildman–Crippen MR) is 79.8 cm³/mol. The van der Waals surface area contributed by atoms with Gasteiger partial charge >= 0.3 is 0 Å². The Kier molecular flexibility index (Phi) is 3.82. The Morgan fingerprint density at radius 1 is 1.27 bits per heavy atom. The van der Waals surface area contributed by atoms with E-state index in [0.29, 0.717) is 6.54 Å². The zero-order chi connectivity index (χ0) is 15.5. The zero-order valence-electron chi connectivity index (χ0n) is 12.5. The van der Waals surface area contributed by atoms with E-state index >= 15 is 0 Å². The summed E-state index contributed by atoms with van der Waals surface area (Å²) in [5, 5.41) is 15.5. The Morgan fingerprint density at radius 3 is 2.59 bits per heavy atom. The van der Waals surface area contributed by atoms with E-state index in [1.165, 1.54) is 11.1 Å².